The number of nitrogens with zero attached hydrogens (tertiary/aromatic N) is 2. The van der Waals surface area contributed by atoms with Gasteiger partial charge in [-0.05, 0) is 43.4 Å². The van der Waals surface area contributed by atoms with E-state index in [0.717, 1.165) is 5.56 Å². The number of benzene rings is 1. The van der Waals surface area contributed by atoms with Gasteiger partial charge in [-0.25, -0.2) is 17.9 Å². The van der Waals surface area contributed by atoms with Crippen LogP contribution >= 0.6 is 0 Å². The molecule has 7 nitrogen and oxygen atoms in total. The number of primary sulfonamides is 1. The first-order valence-electron chi connectivity index (χ1n) is 9.00. The van der Waals surface area contributed by atoms with E-state index in [1.807, 2.05) is 0 Å². The lowest BCUT2D eigenvalue weighted by Crippen LogP contribution is -2.45. The van der Waals surface area contributed by atoms with E-state index in [-0.39, 0.29) is 42.1 Å². The molecule has 0 saturated carbocycles. The number of aryl methyl sites for hydroxylation is 1. The Morgan fingerprint density at radius 3 is 2.74 bits per heavy atom. The van der Waals surface area contributed by atoms with E-state index in [1.165, 1.54) is 11.0 Å². The van der Waals surface area contributed by atoms with E-state index in [2.05, 4.69) is 0 Å². The lowest BCUT2D eigenvalue weighted by molar-refractivity contribution is -0.137. The van der Waals surface area contributed by atoms with Crippen LogP contribution < -0.4 is 10.0 Å². The maximum absolute atomic E-state index is 14.2. The minimum absolute atomic E-state index is 0.0303. The highest BCUT2D eigenvalue weighted by Crippen LogP contribution is 2.30. The number of nitrogens with two attached hydrogens (primary N) is 1. The fraction of sp³-hybridized carbons (Fsp3) is 0.556. The van der Waals surface area contributed by atoms with Gasteiger partial charge in [0.2, 0.25) is 21.8 Å². The molecule has 3 rings (SSSR count). The second-order valence-corrected chi connectivity index (χ2v) is 9.14. The summed E-state index contributed by atoms with van der Waals surface area (Å²) in [5, 5.41) is 5.12. The van der Waals surface area contributed by atoms with Crippen LogP contribution in [0.3, 0.4) is 0 Å². The van der Waals surface area contributed by atoms with E-state index in [0.29, 0.717) is 25.9 Å². The molecule has 2 heterocycles. The molecule has 0 unspecified atom stereocenters. The molecule has 148 valence electrons. The summed E-state index contributed by atoms with van der Waals surface area (Å²) >= 11 is 0. The van der Waals surface area contributed by atoms with Crippen LogP contribution in [-0.2, 0) is 19.6 Å². The molecule has 9 heteroatoms. The maximum atomic E-state index is 14.2. The Balaban J connectivity index is 1.68. The number of anilines is 1. The number of halogens is 1. The highest BCUT2D eigenvalue weighted by Gasteiger charge is 2.39. The quantitative estimate of drug-likeness (QED) is 0.819. The largest absolute Gasteiger partial charge is 0.342 e. The van der Waals surface area contributed by atoms with Crippen LogP contribution in [0, 0.1) is 24.6 Å². The zero-order valence-electron chi connectivity index (χ0n) is 15.2. The molecular formula is C18H24FN3O4S. The standard InChI is InChI=1S/C18H24FN3O4S/c1-12-4-5-16(15(19)7-12)22-10-14(8-17(22)23)18(24)21-6-2-3-13(9-21)11-27(20,25)26/h4-5,7,13-14H,2-3,6,8-11H2,1H3,(H2,20,25,26)/t13-,14+/m0/s1. The Labute approximate surface area is 158 Å². The summed E-state index contributed by atoms with van der Waals surface area (Å²) in [4.78, 5) is 28.1. The average molecular weight is 397 g/mol. The number of hydrogen-bond donors (Lipinski definition) is 1. The number of carbonyl (C=O) groups is 2. The van der Waals surface area contributed by atoms with Crippen molar-refractivity contribution in [1.29, 1.82) is 0 Å². The molecule has 2 aliphatic heterocycles. The Morgan fingerprint density at radius 1 is 1.33 bits per heavy atom. The molecule has 1 aromatic carbocycles. The van der Waals surface area contributed by atoms with Crippen molar-refractivity contribution in [3.05, 3.63) is 29.6 Å². The van der Waals surface area contributed by atoms with E-state index in [9.17, 15) is 22.4 Å². The summed E-state index contributed by atoms with van der Waals surface area (Å²) < 4.78 is 36.8. The molecule has 2 atom stereocenters. The fourth-order valence-corrected chi connectivity index (χ4v) is 4.85. The van der Waals surface area contributed by atoms with Crippen molar-refractivity contribution < 1.29 is 22.4 Å². The summed E-state index contributed by atoms with van der Waals surface area (Å²) in [5.41, 5.74) is 0.941. The van der Waals surface area contributed by atoms with Crippen molar-refractivity contribution in [3.8, 4) is 0 Å². The van der Waals surface area contributed by atoms with Crippen LogP contribution in [-0.4, -0.2) is 50.5 Å². The first-order chi connectivity index (χ1) is 12.6. The van der Waals surface area contributed by atoms with E-state index < -0.39 is 21.8 Å². The lowest BCUT2D eigenvalue weighted by Gasteiger charge is -2.33. The molecule has 2 fully saturated rings. The van der Waals surface area contributed by atoms with Crippen LogP contribution in [0.15, 0.2) is 18.2 Å². The zero-order valence-corrected chi connectivity index (χ0v) is 16.0. The summed E-state index contributed by atoms with van der Waals surface area (Å²) in [6, 6.07) is 4.64. The van der Waals surface area contributed by atoms with Gasteiger partial charge in [-0.3, -0.25) is 9.59 Å². The molecule has 1 aromatic rings. The predicted octanol–water partition coefficient (Wildman–Crippen LogP) is 1.01. The third-order valence-electron chi connectivity index (χ3n) is 5.17. The van der Waals surface area contributed by atoms with Gasteiger partial charge >= 0.3 is 0 Å². The Hall–Kier alpha value is -2.00. The van der Waals surface area contributed by atoms with Gasteiger partial charge in [-0.2, -0.15) is 0 Å². The van der Waals surface area contributed by atoms with Gasteiger partial charge in [0.15, 0.2) is 0 Å². The normalized spacial score (nSPS) is 23.7. The number of piperidine rings is 1. The highest BCUT2D eigenvalue weighted by molar-refractivity contribution is 7.89. The number of carbonyl (C=O) groups excluding carboxylic acids is 2. The molecule has 2 saturated heterocycles. The Kier molecular flexibility index (Phi) is 5.53. The number of hydrogen-bond acceptors (Lipinski definition) is 4. The van der Waals surface area contributed by atoms with E-state index >= 15 is 0 Å². The summed E-state index contributed by atoms with van der Waals surface area (Å²) in [7, 11) is -3.60. The topological polar surface area (TPSA) is 101 Å². The average Bonchev–Trinajstić information content (AvgIpc) is 2.94. The monoisotopic (exact) mass is 397 g/mol. The number of amides is 2. The number of rotatable bonds is 4. The predicted molar refractivity (Wildman–Crippen MR) is 98.9 cm³/mol. The van der Waals surface area contributed by atoms with Crippen molar-refractivity contribution in [1.82, 2.24) is 4.90 Å². The summed E-state index contributed by atoms with van der Waals surface area (Å²) in [6.45, 7) is 2.75. The smallest absolute Gasteiger partial charge is 0.228 e. The minimum atomic E-state index is -3.60. The molecule has 0 spiro atoms. The second-order valence-electron chi connectivity index (χ2n) is 7.48. The van der Waals surface area contributed by atoms with Crippen LogP contribution in [0.5, 0.6) is 0 Å². The number of sulfonamides is 1. The molecule has 2 aliphatic rings. The first kappa shape index (κ1) is 19.8. The molecule has 2 N–H and O–H groups in total. The first-order valence-corrected chi connectivity index (χ1v) is 10.7. The van der Waals surface area contributed by atoms with Gasteiger partial charge < -0.3 is 9.80 Å². The molecule has 0 radical (unpaired) electrons. The van der Waals surface area contributed by atoms with Crippen molar-refractivity contribution in [2.75, 3.05) is 30.3 Å². The number of likely N-dealkylation sites (tertiary alicyclic amines) is 1. The van der Waals surface area contributed by atoms with E-state index in [4.69, 9.17) is 5.14 Å². The Morgan fingerprint density at radius 2 is 2.07 bits per heavy atom. The molecule has 0 bridgehead atoms. The van der Waals surface area contributed by atoms with Crippen molar-refractivity contribution in [2.24, 2.45) is 17.0 Å². The van der Waals surface area contributed by atoms with Crippen molar-refractivity contribution >= 4 is 27.5 Å². The highest BCUT2D eigenvalue weighted by atomic mass is 32.2. The summed E-state index contributed by atoms with van der Waals surface area (Å²) in [6.07, 6.45) is 1.43. The molecule has 0 aromatic heterocycles. The van der Waals surface area contributed by atoms with Gasteiger partial charge in [0.05, 0.1) is 17.4 Å². The van der Waals surface area contributed by atoms with Gasteiger partial charge in [0.1, 0.15) is 5.82 Å². The lowest BCUT2D eigenvalue weighted by atomic mass is 9.98. The second kappa shape index (κ2) is 7.55. The third-order valence-corrected chi connectivity index (χ3v) is 6.10. The van der Waals surface area contributed by atoms with Gasteiger partial charge in [0, 0.05) is 26.1 Å². The van der Waals surface area contributed by atoms with Crippen LogP contribution in [0.1, 0.15) is 24.8 Å². The molecule has 27 heavy (non-hydrogen) atoms. The third kappa shape index (κ3) is 4.65. The SMILES string of the molecule is Cc1ccc(N2C[C@H](C(=O)N3CCC[C@H](CS(N)(=O)=O)C3)CC2=O)c(F)c1. The van der Waals surface area contributed by atoms with Crippen molar-refractivity contribution in [3.63, 3.8) is 0 Å². The molecule has 0 aliphatic carbocycles. The van der Waals surface area contributed by atoms with Gasteiger partial charge in [0.25, 0.3) is 0 Å². The van der Waals surface area contributed by atoms with Gasteiger partial charge in [-0.1, -0.05) is 6.07 Å². The van der Waals surface area contributed by atoms with Gasteiger partial charge in [-0.15, -0.1) is 0 Å². The molecular weight excluding hydrogens is 373 g/mol. The maximum Gasteiger partial charge on any atom is 0.228 e. The van der Waals surface area contributed by atoms with Crippen LogP contribution in [0.4, 0.5) is 10.1 Å². The van der Waals surface area contributed by atoms with Crippen LogP contribution in [0.2, 0.25) is 0 Å². The fourth-order valence-electron chi connectivity index (χ4n) is 3.92. The Bertz CT molecular complexity index is 858. The summed E-state index contributed by atoms with van der Waals surface area (Å²) in [5.74, 6) is -1.85. The molecule has 2 amide bonds. The zero-order chi connectivity index (χ0) is 19.8. The van der Waals surface area contributed by atoms with Crippen LogP contribution in [0.25, 0.3) is 0 Å². The van der Waals surface area contributed by atoms with Crippen molar-refractivity contribution in [2.45, 2.75) is 26.2 Å². The minimum Gasteiger partial charge on any atom is -0.342 e. The van der Waals surface area contributed by atoms with E-state index in [1.54, 1.807) is 24.0 Å².